The molecule has 1 aromatic heterocycles. The molecule has 21 heavy (non-hydrogen) atoms. The first kappa shape index (κ1) is 13.7. The Morgan fingerprint density at radius 1 is 1.10 bits per heavy atom. The number of benzene rings is 2. The van der Waals surface area contributed by atoms with Crippen LogP contribution in [-0.4, -0.2) is 9.78 Å². The Kier molecular flexibility index (Phi) is 3.43. The van der Waals surface area contributed by atoms with Crippen molar-refractivity contribution in [3.8, 4) is 16.9 Å². The van der Waals surface area contributed by atoms with Crippen LogP contribution in [-0.2, 0) is 0 Å². The molecule has 106 valence electrons. The maximum atomic E-state index is 6.22. The monoisotopic (exact) mass is 297 g/mol. The lowest BCUT2D eigenvalue weighted by atomic mass is 10.0. The summed E-state index contributed by atoms with van der Waals surface area (Å²) in [6.07, 6.45) is 1.80. The second-order valence-electron chi connectivity index (χ2n) is 5.15. The third kappa shape index (κ3) is 2.52. The van der Waals surface area contributed by atoms with Gasteiger partial charge in [0.05, 0.1) is 22.6 Å². The number of halogens is 1. The Morgan fingerprint density at radius 2 is 1.86 bits per heavy atom. The van der Waals surface area contributed by atoms with Crippen LogP contribution in [0.15, 0.2) is 48.7 Å². The molecule has 0 amide bonds. The van der Waals surface area contributed by atoms with E-state index in [0.717, 1.165) is 22.5 Å². The largest absolute Gasteiger partial charge is 0.396 e. The fourth-order valence-corrected chi connectivity index (χ4v) is 2.66. The van der Waals surface area contributed by atoms with Gasteiger partial charge in [0.1, 0.15) is 5.69 Å². The fraction of sp³-hybridized carbons (Fsp3) is 0.118. The molecule has 3 rings (SSSR count). The van der Waals surface area contributed by atoms with Gasteiger partial charge in [-0.15, -0.1) is 0 Å². The molecule has 2 aromatic carbocycles. The maximum absolute atomic E-state index is 6.22. The van der Waals surface area contributed by atoms with Crippen molar-refractivity contribution in [2.24, 2.45) is 0 Å². The van der Waals surface area contributed by atoms with Crippen molar-refractivity contribution in [3.63, 3.8) is 0 Å². The molecule has 2 N–H and O–H groups in total. The molecular formula is C17H16ClN3. The van der Waals surface area contributed by atoms with E-state index in [1.165, 1.54) is 5.56 Å². The van der Waals surface area contributed by atoms with Crippen LogP contribution in [0.5, 0.6) is 0 Å². The summed E-state index contributed by atoms with van der Waals surface area (Å²) in [6.45, 7) is 4.14. The van der Waals surface area contributed by atoms with Crippen molar-refractivity contribution in [2.45, 2.75) is 13.8 Å². The molecule has 0 saturated carbocycles. The highest BCUT2D eigenvalue weighted by molar-refractivity contribution is 6.32. The Labute approximate surface area is 129 Å². The van der Waals surface area contributed by atoms with E-state index in [0.29, 0.717) is 10.7 Å². The summed E-state index contributed by atoms with van der Waals surface area (Å²) < 4.78 is 1.73. The Bertz CT molecular complexity index is 806. The molecule has 0 unspecified atom stereocenters. The first-order chi connectivity index (χ1) is 10.1. The van der Waals surface area contributed by atoms with Crippen LogP contribution in [0, 0.1) is 13.8 Å². The molecule has 0 spiro atoms. The number of rotatable bonds is 2. The van der Waals surface area contributed by atoms with Gasteiger partial charge in [-0.05, 0) is 31.5 Å². The zero-order valence-electron chi connectivity index (χ0n) is 12.0. The van der Waals surface area contributed by atoms with Crippen LogP contribution in [0.25, 0.3) is 16.9 Å². The minimum absolute atomic E-state index is 0.641. The van der Waals surface area contributed by atoms with Crippen LogP contribution in [0.1, 0.15) is 11.1 Å². The SMILES string of the molecule is Cc1ccc(-c2nn(-c3ccccc3Cl)cc2N)c(C)c1. The normalized spacial score (nSPS) is 10.8. The van der Waals surface area contributed by atoms with Gasteiger partial charge in [-0.1, -0.05) is 47.5 Å². The van der Waals surface area contributed by atoms with Crippen molar-refractivity contribution < 1.29 is 0 Å². The number of nitrogen functional groups attached to an aromatic ring is 1. The van der Waals surface area contributed by atoms with Gasteiger partial charge in [0.15, 0.2) is 0 Å². The fourth-order valence-electron chi connectivity index (χ4n) is 2.44. The average Bonchev–Trinajstić information content (AvgIpc) is 2.81. The number of anilines is 1. The molecule has 0 saturated heterocycles. The van der Waals surface area contributed by atoms with Gasteiger partial charge < -0.3 is 5.73 Å². The van der Waals surface area contributed by atoms with Gasteiger partial charge in [0, 0.05) is 5.56 Å². The summed E-state index contributed by atoms with van der Waals surface area (Å²) in [4.78, 5) is 0. The molecule has 0 radical (unpaired) electrons. The zero-order chi connectivity index (χ0) is 15.0. The van der Waals surface area contributed by atoms with E-state index >= 15 is 0 Å². The smallest absolute Gasteiger partial charge is 0.116 e. The summed E-state index contributed by atoms with van der Waals surface area (Å²) in [5.74, 6) is 0. The molecular weight excluding hydrogens is 282 g/mol. The average molecular weight is 298 g/mol. The summed E-state index contributed by atoms with van der Waals surface area (Å²) in [5.41, 5.74) is 11.8. The van der Waals surface area contributed by atoms with Gasteiger partial charge in [-0.25, -0.2) is 4.68 Å². The summed E-state index contributed by atoms with van der Waals surface area (Å²) >= 11 is 6.22. The summed E-state index contributed by atoms with van der Waals surface area (Å²) in [7, 11) is 0. The number of nitrogens with zero attached hydrogens (tertiary/aromatic N) is 2. The standard InChI is InChI=1S/C17H16ClN3/c1-11-7-8-13(12(2)9-11)17-15(19)10-21(20-17)16-6-4-3-5-14(16)18/h3-10H,19H2,1-2H3. The third-order valence-corrected chi connectivity index (χ3v) is 3.80. The number of nitrogens with two attached hydrogens (primary N) is 1. The summed E-state index contributed by atoms with van der Waals surface area (Å²) in [5, 5.41) is 5.25. The highest BCUT2D eigenvalue weighted by Crippen LogP contribution is 2.30. The van der Waals surface area contributed by atoms with Gasteiger partial charge in [-0.2, -0.15) is 5.10 Å². The maximum Gasteiger partial charge on any atom is 0.116 e. The Morgan fingerprint density at radius 3 is 2.57 bits per heavy atom. The molecule has 0 aliphatic carbocycles. The first-order valence-corrected chi connectivity index (χ1v) is 7.12. The molecule has 3 nitrogen and oxygen atoms in total. The molecule has 0 fully saturated rings. The molecule has 4 heteroatoms. The summed E-state index contributed by atoms with van der Waals surface area (Å²) in [6, 6.07) is 13.8. The van der Waals surface area contributed by atoms with Crippen molar-refractivity contribution in [1.29, 1.82) is 0 Å². The number of aryl methyl sites for hydroxylation is 2. The predicted molar refractivity (Wildman–Crippen MR) is 87.9 cm³/mol. The molecule has 0 bridgehead atoms. The number of hydrogen-bond acceptors (Lipinski definition) is 2. The van der Waals surface area contributed by atoms with Crippen LogP contribution < -0.4 is 5.73 Å². The second kappa shape index (κ2) is 5.26. The van der Waals surface area contributed by atoms with Gasteiger partial charge in [0.2, 0.25) is 0 Å². The van der Waals surface area contributed by atoms with Crippen LogP contribution in [0.2, 0.25) is 5.02 Å². The van der Waals surface area contributed by atoms with Crippen LogP contribution >= 0.6 is 11.6 Å². The van der Waals surface area contributed by atoms with Crippen LogP contribution in [0.4, 0.5) is 5.69 Å². The highest BCUT2D eigenvalue weighted by Gasteiger charge is 2.13. The topological polar surface area (TPSA) is 43.8 Å². The van der Waals surface area contributed by atoms with Crippen molar-refractivity contribution in [1.82, 2.24) is 9.78 Å². The van der Waals surface area contributed by atoms with E-state index in [4.69, 9.17) is 17.3 Å². The minimum Gasteiger partial charge on any atom is -0.396 e. The van der Waals surface area contributed by atoms with Crippen molar-refractivity contribution in [3.05, 3.63) is 64.8 Å². The van der Waals surface area contributed by atoms with Crippen LogP contribution in [0.3, 0.4) is 0 Å². The van der Waals surface area contributed by atoms with E-state index in [2.05, 4.69) is 37.1 Å². The second-order valence-corrected chi connectivity index (χ2v) is 5.55. The van der Waals surface area contributed by atoms with E-state index in [9.17, 15) is 0 Å². The lowest BCUT2D eigenvalue weighted by molar-refractivity contribution is 0.884. The predicted octanol–water partition coefficient (Wildman–Crippen LogP) is 4.39. The first-order valence-electron chi connectivity index (χ1n) is 6.74. The van der Waals surface area contributed by atoms with Gasteiger partial charge >= 0.3 is 0 Å². The zero-order valence-corrected chi connectivity index (χ0v) is 12.7. The van der Waals surface area contributed by atoms with E-state index in [-0.39, 0.29) is 0 Å². The van der Waals surface area contributed by atoms with Gasteiger partial charge in [0.25, 0.3) is 0 Å². The lowest BCUT2D eigenvalue weighted by Crippen LogP contribution is -1.96. The molecule has 3 aromatic rings. The van der Waals surface area contributed by atoms with E-state index in [1.807, 2.05) is 24.3 Å². The lowest BCUT2D eigenvalue weighted by Gasteiger charge is -2.05. The van der Waals surface area contributed by atoms with Crippen molar-refractivity contribution in [2.75, 3.05) is 5.73 Å². The van der Waals surface area contributed by atoms with Crippen molar-refractivity contribution >= 4 is 17.3 Å². The number of aromatic nitrogens is 2. The Hall–Kier alpha value is -2.26. The molecule has 1 heterocycles. The van der Waals surface area contributed by atoms with E-state index < -0.39 is 0 Å². The minimum atomic E-state index is 0.641. The molecule has 0 aliphatic rings. The quantitative estimate of drug-likeness (QED) is 0.762. The van der Waals surface area contributed by atoms with E-state index in [1.54, 1.807) is 10.9 Å². The van der Waals surface area contributed by atoms with Gasteiger partial charge in [-0.3, -0.25) is 0 Å². The number of hydrogen-bond donors (Lipinski definition) is 1. The highest BCUT2D eigenvalue weighted by atomic mass is 35.5. The number of para-hydroxylation sites is 1. The molecule has 0 atom stereocenters. The Balaban J connectivity index is 2.12. The third-order valence-electron chi connectivity index (χ3n) is 3.48. The molecule has 0 aliphatic heterocycles.